The number of nitrogens with one attached hydrogen (secondary N) is 2. The van der Waals surface area contributed by atoms with Crippen LogP contribution in [0.15, 0.2) is 24.3 Å². The van der Waals surface area contributed by atoms with Crippen molar-refractivity contribution >= 4 is 27.7 Å². The van der Waals surface area contributed by atoms with Crippen LogP contribution < -0.4 is 10.6 Å². The molecule has 0 bridgehead atoms. The molecule has 0 aliphatic carbocycles. The Balaban J connectivity index is 1.92. The van der Waals surface area contributed by atoms with Gasteiger partial charge in [-0.25, -0.2) is 0 Å². The van der Waals surface area contributed by atoms with E-state index in [0.717, 1.165) is 10.9 Å². The van der Waals surface area contributed by atoms with Crippen LogP contribution in [0.25, 0.3) is 0 Å². The molecule has 1 aromatic carbocycles. The van der Waals surface area contributed by atoms with Gasteiger partial charge in [-0.05, 0) is 24.1 Å². The molecule has 1 aliphatic rings. The van der Waals surface area contributed by atoms with E-state index < -0.39 is 0 Å². The molecular formula is C13H15BrN2O2. The highest BCUT2D eigenvalue weighted by atomic mass is 79.9. The van der Waals surface area contributed by atoms with E-state index in [1.807, 2.05) is 24.3 Å². The summed E-state index contributed by atoms with van der Waals surface area (Å²) in [6, 6.07) is 7.50. The third-order valence-corrected chi connectivity index (χ3v) is 3.62. The van der Waals surface area contributed by atoms with E-state index in [9.17, 15) is 9.59 Å². The number of benzene rings is 1. The summed E-state index contributed by atoms with van der Waals surface area (Å²) in [6.45, 7) is 0.518. The average Bonchev–Trinajstić information content (AvgIpc) is 2.41. The number of amides is 2. The van der Waals surface area contributed by atoms with E-state index >= 15 is 0 Å². The monoisotopic (exact) mass is 310 g/mol. The van der Waals surface area contributed by atoms with Crippen LogP contribution in [0.1, 0.15) is 28.8 Å². The van der Waals surface area contributed by atoms with Crippen LogP contribution in [0.3, 0.4) is 0 Å². The maximum Gasteiger partial charge on any atom is 0.251 e. The molecule has 1 fully saturated rings. The first kappa shape index (κ1) is 13.1. The lowest BCUT2D eigenvalue weighted by atomic mass is 10.1. The SMILES string of the molecule is O=C1CCC(NC(=O)c2ccc(CBr)cc2)CN1. The van der Waals surface area contributed by atoms with Crippen molar-refractivity contribution in [1.29, 1.82) is 0 Å². The molecule has 0 spiro atoms. The smallest absolute Gasteiger partial charge is 0.251 e. The summed E-state index contributed by atoms with van der Waals surface area (Å²) < 4.78 is 0. The number of hydrogen-bond donors (Lipinski definition) is 2. The van der Waals surface area contributed by atoms with E-state index in [1.165, 1.54) is 0 Å². The van der Waals surface area contributed by atoms with Crippen molar-refractivity contribution < 1.29 is 9.59 Å². The number of carbonyl (C=O) groups is 2. The van der Waals surface area contributed by atoms with Gasteiger partial charge in [0.2, 0.25) is 5.91 Å². The first-order valence-corrected chi connectivity index (χ1v) is 7.03. The molecule has 2 rings (SSSR count). The quantitative estimate of drug-likeness (QED) is 0.833. The van der Waals surface area contributed by atoms with E-state index in [4.69, 9.17) is 0 Å². The highest BCUT2D eigenvalue weighted by Gasteiger charge is 2.19. The lowest BCUT2D eigenvalue weighted by molar-refractivity contribution is -0.122. The first-order chi connectivity index (χ1) is 8.69. The summed E-state index contributed by atoms with van der Waals surface area (Å²) in [7, 11) is 0. The molecule has 1 heterocycles. The molecule has 1 aliphatic heterocycles. The highest BCUT2D eigenvalue weighted by molar-refractivity contribution is 9.08. The molecule has 5 heteroatoms. The molecule has 18 heavy (non-hydrogen) atoms. The van der Waals surface area contributed by atoms with Crippen molar-refractivity contribution in [3.63, 3.8) is 0 Å². The van der Waals surface area contributed by atoms with Crippen molar-refractivity contribution in [3.8, 4) is 0 Å². The molecule has 2 N–H and O–H groups in total. The zero-order valence-electron chi connectivity index (χ0n) is 9.91. The van der Waals surface area contributed by atoms with Gasteiger partial charge in [-0.2, -0.15) is 0 Å². The Labute approximate surface area is 114 Å². The standard InChI is InChI=1S/C13H15BrN2O2/c14-7-9-1-3-10(4-2-9)13(18)16-11-5-6-12(17)15-8-11/h1-4,11H,5-8H2,(H,15,17)(H,16,18). The van der Waals surface area contributed by atoms with Crippen molar-refractivity contribution in [2.75, 3.05) is 6.54 Å². The number of alkyl halides is 1. The fraction of sp³-hybridized carbons (Fsp3) is 0.385. The van der Waals surface area contributed by atoms with Crippen LogP contribution in [-0.4, -0.2) is 24.4 Å². The Kier molecular flexibility index (Phi) is 4.36. The maximum absolute atomic E-state index is 12.0. The number of halogens is 1. The number of hydrogen-bond acceptors (Lipinski definition) is 2. The van der Waals surface area contributed by atoms with E-state index in [0.29, 0.717) is 24.9 Å². The Bertz CT molecular complexity index is 435. The van der Waals surface area contributed by atoms with E-state index in [-0.39, 0.29) is 17.9 Å². The summed E-state index contributed by atoms with van der Waals surface area (Å²) in [5.74, 6) is -0.0283. The van der Waals surface area contributed by atoms with Crippen molar-refractivity contribution in [1.82, 2.24) is 10.6 Å². The lowest BCUT2D eigenvalue weighted by Gasteiger charge is -2.23. The Morgan fingerprint density at radius 1 is 1.39 bits per heavy atom. The van der Waals surface area contributed by atoms with Crippen molar-refractivity contribution in [2.45, 2.75) is 24.2 Å². The maximum atomic E-state index is 12.0. The molecular weight excluding hydrogens is 296 g/mol. The molecule has 0 saturated carbocycles. The topological polar surface area (TPSA) is 58.2 Å². The van der Waals surface area contributed by atoms with Crippen LogP contribution in [0, 0.1) is 0 Å². The van der Waals surface area contributed by atoms with E-state index in [1.54, 1.807) is 0 Å². The molecule has 0 radical (unpaired) electrons. The number of carbonyl (C=O) groups excluding carboxylic acids is 2. The molecule has 1 atom stereocenters. The lowest BCUT2D eigenvalue weighted by Crippen LogP contribution is -2.47. The summed E-state index contributed by atoms with van der Waals surface area (Å²) in [5.41, 5.74) is 1.79. The predicted molar refractivity (Wildman–Crippen MR) is 72.6 cm³/mol. The minimum Gasteiger partial charge on any atom is -0.354 e. The molecule has 0 aromatic heterocycles. The Morgan fingerprint density at radius 2 is 2.11 bits per heavy atom. The zero-order chi connectivity index (χ0) is 13.0. The summed E-state index contributed by atoms with van der Waals surface area (Å²) in [5, 5.41) is 6.46. The fourth-order valence-electron chi connectivity index (χ4n) is 1.87. The normalized spacial score (nSPS) is 19.2. The zero-order valence-corrected chi connectivity index (χ0v) is 11.5. The number of piperidine rings is 1. The fourth-order valence-corrected chi connectivity index (χ4v) is 2.24. The molecule has 1 unspecified atom stereocenters. The highest BCUT2D eigenvalue weighted by Crippen LogP contribution is 2.09. The predicted octanol–water partition coefficient (Wildman–Crippen LogP) is 1.59. The van der Waals surface area contributed by atoms with Gasteiger partial charge in [0.1, 0.15) is 0 Å². The summed E-state index contributed by atoms with van der Waals surface area (Å²) in [6.07, 6.45) is 1.19. The van der Waals surface area contributed by atoms with Gasteiger partial charge in [0.25, 0.3) is 5.91 Å². The van der Waals surface area contributed by atoms with Crippen LogP contribution in [0.2, 0.25) is 0 Å². The Hall–Kier alpha value is -1.36. The second kappa shape index (κ2) is 6.00. The number of rotatable bonds is 3. The largest absolute Gasteiger partial charge is 0.354 e. The van der Waals surface area contributed by atoms with Gasteiger partial charge in [-0.3, -0.25) is 9.59 Å². The Morgan fingerprint density at radius 3 is 2.67 bits per heavy atom. The molecule has 4 nitrogen and oxygen atoms in total. The van der Waals surface area contributed by atoms with Gasteiger partial charge in [-0.1, -0.05) is 28.1 Å². The van der Waals surface area contributed by atoms with Gasteiger partial charge in [0.15, 0.2) is 0 Å². The van der Waals surface area contributed by atoms with Gasteiger partial charge in [0, 0.05) is 29.9 Å². The van der Waals surface area contributed by atoms with Gasteiger partial charge < -0.3 is 10.6 Å². The molecule has 1 saturated heterocycles. The summed E-state index contributed by atoms with van der Waals surface area (Å²) >= 11 is 3.36. The summed E-state index contributed by atoms with van der Waals surface area (Å²) in [4.78, 5) is 23.0. The first-order valence-electron chi connectivity index (χ1n) is 5.91. The van der Waals surface area contributed by atoms with Crippen LogP contribution in [0.4, 0.5) is 0 Å². The van der Waals surface area contributed by atoms with Crippen LogP contribution in [-0.2, 0) is 10.1 Å². The second-order valence-corrected chi connectivity index (χ2v) is 4.90. The van der Waals surface area contributed by atoms with Crippen molar-refractivity contribution in [2.24, 2.45) is 0 Å². The van der Waals surface area contributed by atoms with Crippen LogP contribution >= 0.6 is 15.9 Å². The molecule has 96 valence electrons. The van der Waals surface area contributed by atoms with Gasteiger partial charge >= 0.3 is 0 Å². The van der Waals surface area contributed by atoms with Gasteiger partial charge in [-0.15, -0.1) is 0 Å². The van der Waals surface area contributed by atoms with Crippen molar-refractivity contribution in [3.05, 3.63) is 35.4 Å². The van der Waals surface area contributed by atoms with E-state index in [2.05, 4.69) is 26.6 Å². The van der Waals surface area contributed by atoms with Gasteiger partial charge in [0.05, 0.1) is 0 Å². The molecule has 1 aromatic rings. The molecule has 2 amide bonds. The minimum atomic E-state index is -0.0859. The average molecular weight is 311 g/mol. The van der Waals surface area contributed by atoms with Crippen LogP contribution in [0.5, 0.6) is 0 Å². The third kappa shape index (κ3) is 3.32. The second-order valence-electron chi connectivity index (χ2n) is 4.34. The third-order valence-electron chi connectivity index (χ3n) is 2.97. The minimum absolute atomic E-state index is 0.0334.